The molecule has 2 heterocycles. The molecule has 0 aliphatic rings. The van der Waals surface area contributed by atoms with Gasteiger partial charge >= 0.3 is 0 Å². The van der Waals surface area contributed by atoms with E-state index in [2.05, 4.69) is 20.7 Å². The lowest BCUT2D eigenvalue weighted by Crippen LogP contribution is -2.24. The summed E-state index contributed by atoms with van der Waals surface area (Å²) in [5.74, 6) is 0.0506. The molecule has 4 rings (SSSR count). The Bertz CT molecular complexity index is 1320. The third-order valence-corrected chi connectivity index (χ3v) is 7.31. The number of primary sulfonamides is 1. The fourth-order valence-electron chi connectivity index (χ4n) is 2.97. The quantitative estimate of drug-likeness (QED) is 0.316. The van der Waals surface area contributed by atoms with Crippen molar-refractivity contribution in [3.05, 3.63) is 71.9 Å². The Morgan fingerprint density at radius 3 is 2.52 bits per heavy atom. The summed E-state index contributed by atoms with van der Waals surface area (Å²) in [4.78, 5) is 22.0. The Morgan fingerprint density at radius 1 is 1.06 bits per heavy atom. The van der Waals surface area contributed by atoms with Crippen molar-refractivity contribution < 1.29 is 13.2 Å². The molecule has 4 aromatic rings. The Kier molecular flexibility index (Phi) is 6.33. The van der Waals surface area contributed by atoms with Crippen LogP contribution in [-0.2, 0) is 21.4 Å². The van der Waals surface area contributed by atoms with Crippen molar-refractivity contribution in [2.24, 2.45) is 5.14 Å². The number of rotatable bonds is 7. The molecule has 10 heteroatoms. The van der Waals surface area contributed by atoms with Gasteiger partial charge in [0.25, 0.3) is 0 Å². The molecule has 0 fully saturated rings. The van der Waals surface area contributed by atoms with Crippen LogP contribution in [0.3, 0.4) is 0 Å². The van der Waals surface area contributed by atoms with E-state index in [-0.39, 0.29) is 23.1 Å². The highest BCUT2D eigenvalue weighted by molar-refractivity contribution is 8.00. The number of sulfonamides is 1. The number of carbonyl (C=O) groups excluding carboxylic acids is 1. The molecule has 2 aromatic heterocycles. The van der Waals surface area contributed by atoms with Crippen LogP contribution in [-0.4, -0.2) is 30.0 Å². The average molecular weight is 471 g/mol. The van der Waals surface area contributed by atoms with Crippen molar-refractivity contribution >= 4 is 49.2 Å². The lowest BCUT2D eigenvalue weighted by Gasteiger charge is -2.07. The van der Waals surface area contributed by atoms with E-state index in [0.717, 1.165) is 31.9 Å². The van der Waals surface area contributed by atoms with Crippen LogP contribution in [0.1, 0.15) is 5.56 Å². The Morgan fingerprint density at radius 2 is 1.81 bits per heavy atom. The molecule has 0 saturated heterocycles. The van der Waals surface area contributed by atoms with E-state index in [9.17, 15) is 13.2 Å². The van der Waals surface area contributed by atoms with Crippen molar-refractivity contribution in [1.82, 2.24) is 15.3 Å². The fourth-order valence-corrected chi connectivity index (χ4v) is 5.31. The molecule has 7 nitrogen and oxygen atoms in total. The molecular weight excluding hydrogens is 452 g/mol. The minimum absolute atomic E-state index is 0.0379. The fraction of sp³-hybridized carbons (Fsp3) is 0.0952. The van der Waals surface area contributed by atoms with Gasteiger partial charge in [-0.1, -0.05) is 54.2 Å². The number of nitrogens with one attached hydrogen (secondary N) is 1. The summed E-state index contributed by atoms with van der Waals surface area (Å²) < 4.78 is 22.6. The smallest absolute Gasteiger partial charge is 0.238 e. The lowest BCUT2D eigenvalue weighted by molar-refractivity contribution is -0.118. The summed E-state index contributed by atoms with van der Waals surface area (Å²) >= 11 is 2.91. The zero-order valence-corrected chi connectivity index (χ0v) is 18.6. The summed E-state index contributed by atoms with van der Waals surface area (Å²) in [6.45, 7) is 0.289. The average Bonchev–Trinajstić information content (AvgIpc) is 3.21. The highest BCUT2D eigenvalue weighted by Crippen LogP contribution is 2.37. The van der Waals surface area contributed by atoms with Crippen LogP contribution < -0.4 is 10.5 Å². The third kappa shape index (κ3) is 5.10. The summed E-state index contributed by atoms with van der Waals surface area (Å²) in [6, 6.07) is 16.1. The van der Waals surface area contributed by atoms with E-state index in [0.29, 0.717) is 0 Å². The Hall–Kier alpha value is -2.79. The zero-order valence-electron chi connectivity index (χ0n) is 16.2. The number of thioether (sulfide) groups is 1. The first-order valence-electron chi connectivity index (χ1n) is 9.20. The second kappa shape index (κ2) is 9.15. The molecule has 3 N–H and O–H groups in total. The minimum atomic E-state index is -3.73. The topological polar surface area (TPSA) is 115 Å². The molecule has 0 unspecified atom stereocenters. The van der Waals surface area contributed by atoms with E-state index in [1.54, 1.807) is 23.5 Å². The van der Waals surface area contributed by atoms with Crippen LogP contribution in [0.5, 0.6) is 0 Å². The molecule has 0 atom stereocenters. The van der Waals surface area contributed by atoms with Gasteiger partial charge in [-0.15, -0.1) is 11.3 Å². The normalized spacial score (nSPS) is 11.5. The van der Waals surface area contributed by atoms with E-state index in [4.69, 9.17) is 5.14 Å². The van der Waals surface area contributed by atoms with Gasteiger partial charge in [0.1, 0.15) is 16.2 Å². The van der Waals surface area contributed by atoms with Gasteiger partial charge in [0.15, 0.2) is 0 Å². The van der Waals surface area contributed by atoms with Gasteiger partial charge in [0, 0.05) is 17.5 Å². The highest BCUT2D eigenvalue weighted by atomic mass is 32.2. The molecule has 1 amide bonds. The van der Waals surface area contributed by atoms with Crippen molar-refractivity contribution in [1.29, 1.82) is 0 Å². The van der Waals surface area contributed by atoms with Gasteiger partial charge in [-0.3, -0.25) is 4.79 Å². The lowest BCUT2D eigenvalue weighted by atomic mass is 10.1. The number of amides is 1. The van der Waals surface area contributed by atoms with Gasteiger partial charge < -0.3 is 5.32 Å². The number of carbonyl (C=O) groups is 1. The molecule has 0 aliphatic heterocycles. The second-order valence-electron chi connectivity index (χ2n) is 6.63. The Balaban J connectivity index is 1.42. The number of hydrogen-bond acceptors (Lipinski definition) is 7. The molecule has 158 valence electrons. The van der Waals surface area contributed by atoms with Gasteiger partial charge in [-0.05, 0) is 23.3 Å². The Labute approximate surface area is 187 Å². The number of hydrogen-bond donors (Lipinski definition) is 2. The standard InChI is InChI=1S/C21H18N4O3S3/c22-31(27,28)16-8-6-14(7-9-16)10-23-18(26)12-30-21-19-17(15-4-2-1-3-5-15)11-29-20(19)24-13-25-21/h1-9,11,13H,10,12H2,(H,23,26)(H2,22,27,28). The molecule has 0 saturated carbocycles. The van der Waals surface area contributed by atoms with Crippen molar-refractivity contribution in [3.8, 4) is 11.1 Å². The van der Waals surface area contributed by atoms with Crippen LogP contribution in [0, 0.1) is 0 Å². The van der Waals surface area contributed by atoms with E-state index in [1.807, 2.05) is 30.3 Å². The molecule has 0 spiro atoms. The predicted molar refractivity (Wildman–Crippen MR) is 123 cm³/mol. The highest BCUT2D eigenvalue weighted by Gasteiger charge is 2.15. The van der Waals surface area contributed by atoms with Gasteiger partial charge in [0.2, 0.25) is 15.9 Å². The van der Waals surface area contributed by atoms with Crippen molar-refractivity contribution in [2.75, 3.05) is 5.75 Å². The molecule has 2 aromatic carbocycles. The maximum absolute atomic E-state index is 12.4. The first-order chi connectivity index (χ1) is 14.9. The van der Waals surface area contributed by atoms with Gasteiger partial charge in [0.05, 0.1) is 16.0 Å². The largest absolute Gasteiger partial charge is 0.351 e. The minimum Gasteiger partial charge on any atom is -0.351 e. The first-order valence-corrected chi connectivity index (χ1v) is 12.6. The third-order valence-electron chi connectivity index (χ3n) is 4.50. The monoisotopic (exact) mass is 470 g/mol. The van der Waals surface area contributed by atoms with Gasteiger partial charge in [-0.2, -0.15) is 0 Å². The van der Waals surface area contributed by atoms with Crippen LogP contribution in [0.4, 0.5) is 0 Å². The number of fused-ring (bicyclic) bond motifs is 1. The zero-order chi connectivity index (χ0) is 21.8. The summed E-state index contributed by atoms with van der Waals surface area (Å²) in [6.07, 6.45) is 1.51. The molecule has 0 bridgehead atoms. The molecule has 0 radical (unpaired) electrons. The summed E-state index contributed by atoms with van der Waals surface area (Å²) in [7, 11) is -3.73. The summed E-state index contributed by atoms with van der Waals surface area (Å²) in [5.41, 5.74) is 2.91. The molecular formula is C21H18N4O3S3. The maximum atomic E-state index is 12.4. The van der Waals surface area contributed by atoms with Crippen molar-refractivity contribution in [2.45, 2.75) is 16.5 Å². The van der Waals surface area contributed by atoms with Gasteiger partial charge in [-0.25, -0.2) is 23.5 Å². The molecule has 0 aliphatic carbocycles. The van der Waals surface area contributed by atoms with E-state index >= 15 is 0 Å². The van der Waals surface area contributed by atoms with E-state index < -0.39 is 10.0 Å². The number of nitrogens with zero attached hydrogens (tertiary/aromatic N) is 2. The number of nitrogens with two attached hydrogens (primary N) is 1. The summed E-state index contributed by atoms with van der Waals surface area (Å²) in [5, 5.41) is 11.7. The van der Waals surface area contributed by atoms with Crippen LogP contribution >= 0.6 is 23.1 Å². The number of benzene rings is 2. The molecule has 31 heavy (non-hydrogen) atoms. The maximum Gasteiger partial charge on any atom is 0.238 e. The van der Waals surface area contributed by atoms with Crippen LogP contribution in [0.25, 0.3) is 21.3 Å². The second-order valence-corrected chi connectivity index (χ2v) is 10.0. The number of thiophene rings is 1. The SMILES string of the molecule is NS(=O)(=O)c1ccc(CNC(=O)CSc2ncnc3scc(-c4ccccc4)c23)cc1. The van der Waals surface area contributed by atoms with Crippen LogP contribution in [0.2, 0.25) is 0 Å². The van der Waals surface area contributed by atoms with E-state index in [1.165, 1.54) is 30.2 Å². The number of aromatic nitrogens is 2. The first kappa shape index (κ1) is 21.4. The van der Waals surface area contributed by atoms with Crippen LogP contribution in [0.15, 0.2) is 76.2 Å². The predicted octanol–water partition coefficient (Wildman–Crippen LogP) is 3.41. The van der Waals surface area contributed by atoms with Crippen molar-refractivity contribution in [3.63, 3.8) is 0 Å².